The highest BCUT2D eigenvalue weighted by Gasteiger charge is 2.35. The van der Waals surface area contributed by atoms with E-state index in [9.17, 15) is 0 Å². The maximum atomic E-state index is 5.95. The number of hydrogen-bond donors (Lipinski definition) is 1. The van der Waals surface area contributed by atoms with Crippen molar-refractivity contribution in [2.75, 3.05) is 26.8 Å². The van der Waals surface area contributed by atoms with Crippen LogP contribution in [0.5, 0.6) is 0 Å². The molecule has 18 heavy (non-hydrogen) atoms. The molecule has 0 aliphatic heterocycles. The summed E-state index contributed by atoms with van der Waals surface area (Å²) in [5.74, 6) is 1.77. The maximum absolute atomic E-state index is 5.95. The van der Waals surface area contributed by atoms with E-state index < -0.39 is 0 Å². The minimum Gasteiger partial charge on any atom is -0.468 e. The highest BCUT2D eigenvalue weighted by Crippen LogP contribution is 2.37. The minimum atomic E-state index is 0.158. The Morgan fingerprint density at radius 3 is 2.83 bits per heavy atom. The minimum absolute atomic E-state index is 0.158. The number of nitrogens with zero attached hydrogens (tertiary/aromatic N) is 1. The van der Waals surface area contributed by atoms with Gasteiger partial charge in [0.05, 0.1) is 18.9 Å². The van der Waals surface area contributed by atoms with E-state index in [1.165, 1.54) is 12.8 Å². The average molecular weight is 252 g/mol. The Morgan fingerprint density at radius 2 is 2.33 bits per heavy atom. The second-order valence-electron chi connectivity index (χ2n) is 5.08. The Labute approximate surface area is 109 Å². The number of nitrogens with two attached hydrogens (primary N) is 1. The number of methoxy groups -OCH3 is 1. The molecule has 102 valence electrons. The van der Waals surface area contributed by atoms with Gasteiger partial charge in [0.15, 0.2) is 0 Å². The Bertz CT molecular complexity index is 336. The second-order valence-corrected chi connectivity index (χ2v) is 5.08. The third-order valence-corrected chi connectivity index (χ3v) is 3.88. The lowest BCUT2D eigenvalue weighted by atomic mass is 10.1. The molecule has 2 atom stereocenters. The van der Waals surface area contributed by atoms with Crippen LogP contribution in [-0.4, -0.2) is 37.7 Å². The molecule has 1 heterocycles. The van der Waals surface area contributed by atoms with Gasteiger partial charge in [-0.15, -0.1) is 0 Å². The zero-order chi connectivity index (χ0) is 13.0. The summed E-state index contributed by atoms with van der Waals surface area (Å²) >= 11 is 0. The third kappa shape index (κ3) is 3.13. The number of rotatable bonds is 8. The van der Waals surface area contributed by atoms with Crippen molar-refractivity contribution in [1.82, 2.24) is 4.90 Å². The summed E-state index contributed by atoms with van der Waals surface area (Å²) in [6, 6.07) is 4.63. The van der Waals surface area contributed by atoms with E-state index in [0.29, 0.717) is 12.6 Å². The lowest BCUT2D eigenvalue weighted by molar-refractivity contribution is 0.0748. The quantitative estimate of drug-likeness (QED) is 0.769. The summed E-state index contributed by atoms with van der Waals surface area (Å²) in [6.45, 7) is 4.50. The lowest BCUT2D eigenvalue weighted by Crippen LogP contribution is -2.42. The summed E-state index contributed by atoms with van der Waals surface area (Å²) in [6.07, 6.45) is 4.38. The molecule has 1 aliphatic carbocycles. The predicted octanol–water partition coefficient (Wildman–Crippen LogP) is 2.03. The zero-order valence-corrected chi connectivity index (χ0v) is 11.3. The fraction of sp³-hybridized carbons (Fsp3) is 0.714. The number of hydrogen-bond acceptors (Lipinski definition) is 4. The molecule has 0 amide bonds. The highest BCUT2D eigenvalue weighted by atomic mass is 16.5. The fourth-order valence-corrected chi connectivity index (χ4v) is 2.59. The van der Waals surface area contributed by atoms with Crippen molar-refractivity contribution in [3.05, 3.63) is 24.2 Å². The molecule has 1 saturated carbocycles. The summed E-state index contributed by atoms with van der Waals surface area (Å²) in [5, 5.41) is 0. The molecule has 0 aromatic carbocycles. The first-order valence-electron chi connectivity index (χ1n) is 6.76. The van der Waals surface area contributed by atoms with E-state index >= 15 is 0 Å². The summed E-state index contributed by atoms with van der Waals surface area (Å²) < 4.78 is 10.8. The van der Waals surface area contributed by atoms with E-state index in [0.717, 1.165) is 24.8 Å². The third-order valence-electron chi connectivity index (χ3n) is 3.88. The maximum Gasteiger partial charge on any atom is 0.122 e. The van der Waals surface area contributed by atoms with Crippen molar-refractivity contribution in [2.45, 2.75) is 31.8 Å². The van der Waals surface area contributed by atoms with Gasteiger partial charge < -0.3 is 14.9 Å². The summed E-state index contributed by atoms with van der Waals surface area (Å²) in [4.78, 5) is 2.43. The van der Waals surface area contributed by atoms with Gasteiger partial charge in [0, 0.05) is 26.2 Å². The van der Waals surface area contributed by atoms with Crippen LogP contribution >= 0.6 is 0 Å². The van der Waals surface area contributed by atoms with E-state index in [1.807, 2.05) is 12.1 Å². The molecular weight excluding hydrogens is 228 g/mol. The molecular formula is C14H24N2O2. The topological polar surface area (TPSA) is 51.6 Å². The van der Waals surface area contributed by atoms with Crippen molar-refractivity contribution in [1.29, 1.82) is 0 Å². The fourth-order valence-electron chi connectivity index (χ4n) is 2.59. The molecule has 1 aromatic heterocycles. The second kappa shape index (κ2) is 6.36. The van der Waals surface area contributed by atoms with Gasteiger partial charge in [0.1, 0.15) is 5.76 Å². The Hall–Kier alpha value is -0.840. The largest absolute Gasteiger partial charge is 0.468 e. The van der Waals surface area contributed by atoms with Crippen LogP contribution in [0.2, 0.25) is 0 Å². The molecule has 0 spiro atoms. The molecule has 0 radical (unpaired) electrons. The monoisotopic (exact) mass is 252 g/mol. The first kappa shape index (κ1) is 13.6. The van der Waals surface area contributed by atoms with Gasteiger partial charge >= 0.3 is 0 Å². The van der Waals surface area contributed by atoms with Gasteiger partial charge in [-0.1, -0.05) is 0 Å². The van der Waals surface area contributed by atoms with Crippen LogP contribution in [0.4, 0.5) is 0 Å². The molecule has 2 unspecified atom stereocenters. The summed E-state index contributed by atoms with van der Waals surface area (Å²) in [5.41, 5.74) is 5.95. The first-order chi connectivity index (χ1) is 8.77. The summed E-state index contributed by atoms with van der Waals surface area (Å²) in [7, 11) is 1.74. The lowest BCUT2D eigenvalue weighted by Gasteiger charge is -2.35. The van der Waals surface area contributed by atoms with E-state index in [4.69, 9.17) is 14.9 Å². The molecule has 4 heteroatoms. The van der Waals surface area contributed by atoms with Gasteiger partial charge in [0.25, 0.3) is 0 Å². The molecule has 1 aromatic rings. The number of furan rings is 1. The molecule has 2 N–H and O–H groups in total. The Kier molecular flexibility index (Phi) is 4.80. The van der Waals surface area contributed by atoms with Gasteiger partial charge in [0.2, 0.25) is 0 Å². The molecule has 1 aliphatic rings. The van der Waals surface area contributed by atoms with Gasteiger partial charge in [-0.3, -0.25) is 4.90 Å². The van der Waals surface area contributed by atoms with Crippen molar-refractivity contribution in [3.63, 3.8) is 0 Å². The van der Waals surface area contributed by atoms with Crippen LogP contribution in [0.3, 0.4) is 0 Å². The van der Waals surface area contributed by atoms with Crippen LogP contribution in [0, 0.1) is 5.92 Å². The van der Waals surface area contributed by atoms with Gasteiger partial charge in [-0.2, -0.15) is 0 Å². The average Bonchev–Trinajstić information content (AvgIpc) is 3.10. The normalized spacial score (nSPS) is 19.1. The highest BCUT2D eigenvalue weighted by molar-refractivity contribution is 5.06. The first-order valence-corrected chi connectivity index (χ1v) is 6.76. The Morgan fingerprint density at radius 1 is 1.56 bits per heavy atom. The van der Waals surface area contributed by atoms with Gasteiger partial charge in [-0.05, 0) is 37.8 Å². The Balaban J connectivity index is 2.09. The SMILES string of the molecule is COCCN(C(CN)c1ccco1)C(C)C1CC1. The standard InChI is InChI=1S/C14H24N2O2/c1-11(12-5-6-12)16(7-9-17-2)13(10-15)14-4-3-8-18-14/h3-4,8,11-13H,5-7,9-10,15H2,1-2H3. The van der Waals surface area contributed by atoms with Crippen LogP contribution in [0.1, 0.15) is 31.6 Å². The van der Waals surface area contributed by atoms with Crippen LogP contribution in [0.25, 0.3) is 0 Å². The van der Waals surface area contributed by atoms with Crippen LogP contribution in [0.15, 0.2) is 22.8 Å². The van der Waals surface area contributed by atoms with E-state index in [-0.39, 0.29) is 6.04 Å². The van der Waals surface area contributed by atoms with Gasteiger partial charge in [-0.25, -0.2) is 0 Å². The molecule has 0 bridgehead atoms. The smallest absolute Gasteiger partial charge is 0.122 e. The zero-order valence-electron chi connectivity index (χ0n) is 11.3. The van der Waals surface area contributed by atoms with Crippen molar-refractivity contribution in [2.24, 2.45) is 11.7 Å². The number of ether oxygens (including phenoxy) is 1. The van der Waals surface area contributed by atoms with Crippen molar-refractivity contribution in [3.8, 4) is 0 Å². The molecule has 0 saturated heterocycles. The van der Waals surface area contributed by atoms with Crippen LogP contribution < -0.4 is 5.73 Å². The van der Waals surface area contributed by atoms with Crippen molar-refractivity contribution >= 4 is 0 Å². The van der Waals surface area contributed by atoms with Crippen LogP contribution in [-0.2, 0) is 4.74 Å². The molecule has 1 fully saturated rings. The van der Waals surface area contributed by atoms with E-state index in [1.54, 1.807) is 13.4 Å². The predicted molar refractivity (Wildman–Crippen MR) is 71.3 cm³/mol. The van der Waals surface area contributed by atoms with Crippen molar-refractivity contribution < 1.29 is 9.15 Å². The van der Waals surface area contributed by atoms with E-state index in [2.05, 4.69) is 11.8 Å². The molecule has 2 rings (SSSR count). The molecule has 4 nitrogen and oxygen atoms in total.